The van der Waals surface area contributed by atoms with Gasteiger partial charge in [-0.15, -0.1) is 11.8 Å². The monoisotopic (exact) mass is 378 g/mol. The van der Waals surface area contributed by atoms with E-state index in [4.69, 9.17) is 4.74 Å². The second-order valence-corrected chi connectivity index (χ2v) is 7.25. The first-order chi connectivity index (χ1) is 12.4. The van der Waals surface area contributed by atoms with Crippen LogP contribution in [0.1, 0.15) is 20.8 Å². The van der Waals surface area contributed by atoms with Gasteiger partial charge >= 0.3 is 5.97 Å². The second-order valence-electron chi connectivity index (χ2n) is 5.85. The second kappa shape index (κ2) is 8.75. The first-order valence-corrected chi connectivity index (χ1v) is 9.24. The number of carbonyl (C=O) groups is 3. The Bertz CT molecular complexity index is 716. The van der Waals surface area contributed by atoms with E-state index in [0.717, 1.165) is 0 Å². The maximum atomic E-state index is 12.5. The normalized spacial score (nSPS) is 18.7. The number of para-hydroxylation sites is 1. The fourth-order valence-electron chi connectivity index (χ4n) is 2.61. The minimum Gasteiger partial charge on any atom is -0.484 e. The summed E-state index contributed by atoms with van der Waals surface area (Å²) in [6, 6.07) is 8.12. The predicted molar refractivity (Wildman–Crippen MR) is 98.6 cm³/mol. The van der Waals surface area contributed by atoms with Gasteiger partial charge in [0, 0.05) is 0 Å². The summed E-state index contributed by atoms with van der Waals surface area (Å²) < 4.78 is 5.37. The van der Waals surface area contributed by atoms with Crippen molar-refractivity contribution in [1.29, 1.82) is 0 Å². The van der Waals surface area contributed by atoms with Crippen molar-refractivity contribution in [3.63, 3.8) is 0 Å². The Hall–Kier alpha value is -2.48. The molecule has 0 aliphatic carbocycles. The Kier molecular flexibility index (Phi) is 6.68. The average molecular weight is 378 g/mol. The van der Waals surface area contributed by atoms with Crippen LogP contribution in [-0.2, 0) is 14.4 Å². The summed E-state index contributed by atoms with van der Waals surface area (Å²) in [5.41, 5.74) is 0.497. The van der Waals surface area contributed by atoms with Crippen molar-refractivity contribution >= 4 is 29.5 Å². The van der Waals surface area contributed by atoms with E-state index < -0.39 is 29.2 Å². The summed E-state index contributed by atoms with van der Waals surface area (Å²) in [6.45, 7) is 4.98. The van der Waals surface area contributed by atoms with Gasteiger partial charge in [0.25, 0.3) is 11.8 Å². The molecule has 2 rings (SSSR count). The number of amides is 2. The minimum absolute atomic E-state index is 0.0352. The number of aliphatic carboxylic acids is 1. The van der Waals surface area contributed by atoms with Gasteiger partial charge in [0.15, 0.2) is 6.61 Å². The molecule has 0 aromatic heterocycles. The van der Waals surface area contributed by atoms with E-state index in [-0.39, 0.29) is 12.3 Å². The van der Waals surface area contributed by atoms with Gasteiger partial charge in [-0.1, -0.05) is 25.1 Å². The van der Waals surface area contributed by atoms with Gasteiger partial charge in [-0.2, -0.15) is 0 Å². The molecule has 140 valence electrons. The van der Waals surface area contributed by atoms with E-state index in [9.17, 15) is 19.5 Å². The number of nitrogens with zero attached hydrogens (tertiary/aromatic N) is 1. The number of carboxylic acid groups (broad SMARTS) is 1. The molecule has 26 heavy (non-hydrogen) atoms. The zero-order valence-electron chi connectivity index (χ0n) is 14.9. The molecule has 0 unspecified atom stereocenters. The highest BCUT2D eigenvalue weighted by atomic mass is 32.2. The third-order valence-corrected chi connectivity index (χ3v) is 4.89. The molecule has 1 aliphatic rings. The Balaban J connectivity index is 2.02. The van der Waals surface area contributed by atoms with Gasteiger partial charge in [-0.25, -0.2) is 4.79 Å². The molecular formula is C18H22N2O5S. The fraction of sp³-hybridized carbons (Fsp3) is 0.389. The molecule has 1 aromatic carbocycles. The molecule has 0 bridgehead atoms. The number of thioether (sulfide) groups is 1. The van der Waals surface area contributed by atoms with E-state index in [1.807, 2.05) is 13.0 Å². The topological polar surface area (TPSA) is 95.9 Å². The SMILES string of the molecule is CCS[C@@H]1[C@H](NC(=O)COc2ccccc2)C(=O)N1C(C(=O)O)=C(C)C. The van der Waals surface area contributed by atoms with Crippen molar-refractivity contribution in [2.45, 2.75) is 32.2 Å². The number of likely N-dealkylation sites (tertiary alicyclic amines) is 1. The lowest BCUT2D eigenvalue weighted by Gasteiger charge is -2.46. The number of rotatable bonds is 8. The van der Waals surface area contributed by atoms with Gasteiger partial charge in [-0.05, 0) is 37.3 Å². The van der Waals surface area contributed by atoms with Crippen LogP contribution in [-0.4, -0.2) is 51.6 Å². The highest BCUT2D eigenvalue weighted by molar-refractivity contribution is 8.00. The van der Waals surface area contributed by atoms with Crippen molar-refractivity contribution < 1.29 is 24.2 Å². The van der Waals surface area contributed by atoms with Crippen molar-refractivity contribution in [2.24, 2.45) is 0 Å². The van der Waals surface area contributed by atoms with Gasteiger partial charge in [0.1, 0.15) is 22.9 Å². The summed E-state index contributed by atoms with van der Waals surface area (Å²) >= 11 is 1.41. The zero-order chi connectivity index (χ0) is 19.3. The number of benzene rings is 1. The van der Waals surface area contributed by atoms with Crippen LogP contribution in [0.4, 0.5) is 0 Å². The van der Waals surface area contributed by atoms with E-state index in [1.54, 1.807) is 38.1 Å². The number of ether oxygens (including phenoxy) is 1. The number of carbonyl (C=O) groups excluding carboxylic acids is 2. The molecule has 7 nitrogen and oxygen atoms in total. The van der Waals surface area contributed by atoms with E-state index in [0.29, 0.717) is 17.1 Å². The van der Waals surface area contributed by atoms with Crippen LogP contribution in [0.15, 0.2) is 41.6 Å². The van der Waals surface area contributed by atoms with Crippen LogP contribution >= 0.6 is 11.8 Å². The molecule has 2 atom stereocenters. The lowest BCUT2D eigenvalue weighted by atomic mass is 10.0. The van der Waals surface area contributed by atoms with Crippen molar-refractivity contribution in [3.8, 4) is 5.75 Å². The third-order valence-electron chi connectivity index (χ3n) is 3.73. The molecule has 1 aliphatic heterocycles. The Morgan fingerprint density at radius 2 is 1.92 bits per heavy atom. The quantitative estimate of drug-likeness (QED) is 0.529. The molecule has 8 heteroatoms. The molecule has 1 saturated heterocycles. The third kappa shape index (κ3) is 4.37. The molecule has 1 fully saturated rings. The van der Waals surface area contributed by atoms with Gasteiger partial charge in [0.05, 0.1) is 0 Å². The van der Waals surface area contributed by atoms with Crippen LogP contribution in [0.25, 0.3) is 0 Å². The Morgan fingerprint density at radius 1 is 1.27 bits per heavy atom. The van der Waals surface area contributed by atoms with Gasteiger partial charge < -0.3 is 15.2 Å². The Morgan fingerprint density at radius 3 is 2.46 bits per heavy atom. The minimum atomic E-state index is -1.16. The maximum absolute atomic E-state index is 12.5. The van der Waals surface area contributed by atoms with E-state index >= 15 is 0 Å². The highest BCUT2D eigenvalue weighted by Gasteiger charge is 2.51. The number of nitrogens with one attached hydrogen (secondary N) is 1. The van der Waals surface area contributed by atoms with Crippen LogP contribution < -0.4 is 10.1 Å². The first-order valence-electron chi connectivity index (χ1n) is 8.19. The number of β-lactam (4-membered cyclic amide) rings is 1. The predicted octanol–water partition coefficient (Wildman–Crippen LogP) is 1.85. The van der Waals surface area contributed by atoms with E-state index in [2.05, 4.69) is 5.32 Å². The molecule has 1 heterocycles. The van der Waals surface area contributed by atoms with Crippen LogP contribution in [0.5, 0.6) is 5.75 Å². The summed E-state index contributed by atoms with van der Waals surface area (Å²) in [7, 11) is 0. The zero-order valence-corrected chi connectivity index (χ0v) is 15.7. The first kappa shape index (κ1) is 19.8. The summed E-state index contributed by atoms with van der Waals surface area (Å²) in [5, 5.41) is 11.6. The smallest absolute Gasteiger partial charge is 0.352 e. The fourth-order valence-corrected chi connectivity index (χ4v) is 3.69. The standard InChI is InChI=1S/C18H22N2O5S/c1-4-26-17-14(16(22)20(17)15(11(2)3)18(23)24)19-13(21)10-25-12-8-6-5-7-9-12/h5-9,14,17H,4,10H2,1-3H3,(H,19,21)(H,23,24)/t14-,17-/m1/s1. The molecule has 0 spiro atoms. The molecule has 1 aromatic rings. The van der Waals surface area contributed by atoms with Crippen LogP contribution in [0.3, 0.4) is 0 Å². The number of hydrogen-bond donors (Lipinski definition) is 2. The largest absolute Gasteiger partial charge is 0.484 e. The van der Waals surface area contributed by atoms with E-state index in [1.165, 1.54) is 16.7 Å². The molecule has 2 amide bonds. The number of allylic oxidation sites excluding steroid dienone is 1. The number of hydrogen-bond acceptors (Lipinski definition) is 5. The summed E-state index contributed by atoms with van der Waals surface area (Å²) in [6.07, 6.45) is 0. The molecule has 0 saturated carbocycles. The van der Waals surface area contributed by atoms with Crippen molar-refractivity contribution in [2.75, 3.05) is 12.4 Å². The average Bonchev–Trinajstić information content (AvgIpc) is 2.61. The van der Waals surface area contributed by atoms with Gasteiger partial charge in [-0.3, -0.25) is 14.5 Å². The Labute approximate surface area is 156 Å². The highest BCUT2D eigenvalue weighted by Crippen LogP contribution is 2.34. The summed E-state index contributed by atoms with van der Waals surface area (Å²) in [4.78, 5) is 37.3. The van der Waals surface area contributed by atoms with Crippen molar-refractivity contribution in [3.05, 3.63) is 41.6 Å². The van der Waals surface area contributed by atoms with Crippen LogP contribution in [0, 0.1) is 0 Å². The molecular weight excluding hydrogens is 356 g/mol. The summed E-state index contributed by atoms with van der Waals surface area (Å²) in [5.74, 6) is -0.777. The van der Waals surface area contributed by atoms with Crippen molar-refractivity contribution in [1.82, 2.24) is 10.2 Å². The van der Waals surface area contributed by atoms with Gasteiger partial charge in [0.2, 0.25) is 0 Å². The molecule has 2 N–H and O–H groups in total. The number of carboxylic acids is 1. The molecule has 0 radical (unpaired) electrons. The maximum Gasteiger partial charge on any atom is 0.352 e. The van der Waals surface area contributed by atoms with Crippen LogP contribution in [0.2, 0.25) is 0 Å². The lowest BCUT2D eigenvalue weighted by molar-refractivity contribution is -0.150. The lowest BCUT2D eigenvalue weighted by Crippen LogP contribution is -2.69.